The highest BCUT2D eigenvalue weighted by molar-refractivity contribution is 5.82. The van der Waals surface area contributed by atoms with Crippen LogP contribution in [0.4, 0.5) is 11.5 Å². The molecule has 1 aromatic carbocycles. The first kappa shape index (κ1) is 13.5. The molecule has 0 atom stereocenters. The maximum atomic E-state index is 10.9. The highest BCUT2D eigenvalue weighted by atomic mass is 16.6. The monoisotopic (exact) mass is 272 g/mol. The van der Waals surface area contributed by atoms with E-state index in [-0.39, 0.29) is 11.4 Å². The average molecular weight is 272 g/mol. The van der Waals surface area contributed by atoms with Crippen LogP contribution < -0.4 is 10.2 Å². The summed E-state index contributed by atoms with van der Waals surface area (Å²) in [5.74, 6) is 0.802. The predicted molar refractivity (Wildman–Crippen MR) is 75.1 cm³/mol. The number of methoxy groups -OCH3 is 1. The molecule has 1 N–H and O–H groups in total. The lowest BCUT2D eigenvalue weighted by Crippen LogP contribution is -1.96. The number of nitro benzene ring substituents is 1. The molecule has 0 spiro atoms. The lowest BCUT2D eigenvalue weighted by atomic mass is 10.2. The molecule has 1 heterocycles. The molecule has 0 bridgehead atoms. The molecule has 0 aliphatic carbocycles. The van der Waals surface area contributed by atoms with Gasteiger partial charge in [0.05, 0.1) is 18.2 Å². The third-order valence-electron chi connectivity index (χ3n) is 2.46. The number of benzene rings is 1. The lowest BCUT2D eigenvalue weighted by molar-refractivity contribution is -0.385. The smallest absolute Gasteiger partial charge is 0.311 e. The van der Waals surface area contributed by atoms with Crippen LogP contribution in [0.25, 0.3) is 0 Å². The number of hydrazone groups is 1. The van der Waals surface area contributed by atoms with Crippen LogP contribution in [-0.2, 0) is 0 Å². The maximum absolute atomic E-state index is 10.9. The fourth-order valence-corrected chi connectivity index (χ4v) is 1.53. The number of nitrogens with one attached hydrogen (secondary N) is 1. The summed E-state index contributed by atoms with van der Waals surface area (Å²) in [4.78, 5) is 14.4. The second kappa shape index (κ2) is 6.28. The van der Waals surface area contributed by atoms with Crippen molar-refractivity contribution < 1.29 is 9.66 Å². The molecule has 102 valence electrons. The highest BCUT2D eigenvalue weighted by Crippen LogP contribution is 2.26. The van der Waals surface area contributed by atoms with Gasteiger partial charge >= 0.3 is 5.69 Å². The van der Waals surface area contributed by atoms with Gasteiger partial charge in [-0.05, 0) is 24.3 Å². The zero-order valence-corrected chi connectivity index (χ0v) is 10.7. The Kier molecular flexibility index (Phi) is 4.23. The van der Waals surface area contributed by atoms with Crippen molar-refractivity contribution in [3.63, 3.8) is 0 Å². The summed E-state index contributed by atoms with van der Waals surface area (Å²) < 4.78 is 4.92. The van der Waals surface area contributed by atoms with E-state index in [2.05, 4.69) is 15.5 Å². The van der Waals surface area contributed by atoms with Crippen LogP contribution in [0.5, 0.6) is 5.75 Å². The van der Waals surface area contributed by atoms with E-state index in [4.69, 9.17) is 4.74 Å². The van der Waals surface area contributed by atoms with Crippen LogP contribution in [0.15, 0.2) is 47.7 Å². The second-order valence-electron chi connectivity index (χ2n) is 3.77. The SMILES string of the molecule is COc1ccc(/C=N/Nc2ccccn2)cc1[N+](=O)[O-]. The molecule has 2 rings (SSSR count). The summed E-state index contributed by atoms with van der Waals surface area (Å²) in [6, 6.07) is 9.97. The summed E-state index contributed by atoms with van der Waals surface area (Å²) in [5.41, 5.74) is 3.21. The molecular weight excluding hydrogens is 260 g/mol. The minimum absolute atomic E-state index is 0.103. The third-order valence-corrected chi connectivity index (χ3v) is 2.46. The van der Waals surface area contributed by atoms with Gasteiger partial charge in [0.15, 0.2) is 5.75 Å². The van der Waals surface area contributed by atoms with E-state index in [0.29, 0.717) is 11.4 Å². The van der Waals surface area contributed by atoms with Gasteiger partial charge in [0.25, 0.3) is 0 Å². The molecule has 0 aliphatic rings. The maximum Gasteiger partial charge on any atom is 0.311 e. The summed E-state index contributed by atoms with van der Waals surface area (Å²) in [6.45, 7) is 0. The Balaban J connectivity index is 2.13. The van der Waals surface area contributed by atoms with E-state index in [1.807, 2.05) is 6.07 Å². The van der Waals surface area contributed by atoms with Gasteiger partial charge in [-0.25, -0.2) is 4.98 Å². The summed E-state index contributed by atoms with van der Waals surface area (Å²) >= 11 is 0. The first-order chi connectivity index (χ1) is 9.70. The Hall–Kier alpha value is -2.96. The minimum Gasteiger partial charge on any atom is -0.490 e. The molecule has 0 unspecified atom stereocenters. The topological polar surface area (TPSA) is 89.7 Å². The highest BCUT2D eigenvalue weighted by Gasteiger charge is 2.14. The Morgan fingerprint density at radius 3 is 2.90 bits per heavy atom. The van der Waals surface area contributed by atoms with Crippen LogP contribution in [0.1, 0.15) is 5.56 Å². The van der Waals surface area contributed by atoms with E-state index >= 15 is 0 Å². The molecule has 0 fully saturated rings. The number of hydrogen-bond acceptors (Lipinski definition) is 6. The molecule has 2 aromatic rings. The van der Waals surface area contributed by atoms with Gasteiger partial charge in [-0.1, -0.05) is 6.07 Å². The van der Waals surface area contributed by atoms with Crippen molar-refractivity contribution in [3.05, 3.63) is 58.3 Å². The first-order valence-electron chi connectivity index (χ1n) is 5.73. The Bertz CT molecular complexity index is 629. The number of anilines is 1. The van der Waals surface area contributed by atoms with Crippen molar-refractivity contribution in [2.45, 2.75) is 0 Å². The molecule has 0 saturated carbocycles. The van der Waals surface area contributed by atoms with Gasteiger partial charge in [-0.2, -0.15) is 5.10 Å². The summed E-state index contributed by atoms with van der Waals surface area (Å²) in [6.07, 6.45) is 3.11. The van der Waals surface area contributed by atoms with E-state index in [1.54, 1.807) is 24.4 Å². The fourth-order valence-electron chi connectivity index (χ4n) is 1.53. The van der Waals surface area contributed by atoms with Crippen molar-refractivity contribution in [2.75, 3.05) is 12.5 Å². The Morgan fingerprint density at radius 2 is 2.25 bits per heavy atom. The quantitative estimate of drug-likeness (QED) is 0.513. The normalized spacial score (nSPS) is 10.4. The van der Waals surface area contributed by atoms with Gasteiger partial charge in [-0.3, -0.25) is 15.5 Å². The minimum atomic E-state index is -0.498. The number of aromatic nitrogens is 1. The van der Waals surface area contributed by atoms with Crippen LogP contribution in [-0.4, -0.2) is 23.2 Å². The Morgan fingerprint density at radius 1 is 1.40 bits per heavy atom. The van der Waals surface area contributed by atoms with Gasteiger partial charge in [0.2, 0.25) is 0 Å². The number of pyridine rings is 1. The molecule has 0 radical (unpaired) electrons. The molecule has 0 saturated heterocycles. The number of nitro groups is 1. The van der Waals surface area contributed by atoms with Crippen LogP contribution >= 0.6 is 0 Å². The van der Waals surface area contributed by atoms with Crippen molar-refractivity contribution in [2.24, 2.45) is 5.10 Å². The number of hydrogen-bond donors (Lipinski definition) is 1. The lowest BCUT2D eigenvalue weighted by Gasteiger charge is -2.02. The molecular formula is C13H12N4O3. The van der Waals surface area contributed by atoms with Gasteiger partial charge in [0, 0.05) is 17.8 Å². The molecule has 0 amide bonds. The zero-order valence-electron chi connectivity index (χ0n) is 10.7. The van der Waals surface area contributed by atoms with Gasteiger partial charge in [-0.15, -0.1) is 0 Å². The standard InChI is InChI=1S/C13H12N4O3/c1-20-12-6-5-10(8-11(12)17(18)19)9-15-16-13-4-2-3-7-14-13/h2-9H,1H3,(H,14,16)/b15-9+. The third kappa shape index (κ3) is 3.29. The second-order valence-corrected chi connectivity index (χ2v) is 3.77. The Labute approximate surface area is 115 Å². The summed E-state index contributed by atoms with van der Waals surface area (Å²) in [7, 11) is 1.39. The van der Waals surface area contributed by atoms with Crippen molar-refractivity contribution in [1.82, 2.24) is 4.98 Å². The van der Waals surface area contributed by atoms with E-state index in [0.717, 1.165) is 0 Å². The zero-order chi connectivity index (χ0) is 14.4. The van der Waals surface area contributed by atoms with E-state index in [9.17, 15) is 10.1 Å². The largest absolute Gasteiger partial charge is 0.490 e. The van der Waals surface area contributed by atoms with Gasteiger partial charge < -0.3 is 4.74 Å². The molecule has 7 nitrogen and oxygen atoms in total. The number of rotatable bonds is 5. The van der Waals surface area contributed by atoms with Crippen LogP contribution in [0.3, 0.4) is 0 Å². The molecule has 7 heteroatoms. The van der Waals surface area contributed by atoms with E-state index < -0.39 is 4.92 Å². The summed E-state index contributed by atoms with van der Waals surface area (Å²) in [5, 5.41) is 14.9. The van der Waals surface area contributed by atoms with Crippen LogP contribution in [0.2, 0.25) is 0 Å². The van der Waals surface area contributed by atoms with Crippen molar-refractivity contribution in [3.8, 4) is 5.75 Å². The number of ether oxygens (including phenoxy) is 1. The van der Waals surface area contributed by atoms with Crippen molar-refractivity contribution >= 4 is 17.7 Å². The predicted octanol–water partition coefficient (Wildman–Crippen LogP) is 2.44. The number of nitrogens with zero attached hydrogens (tertiary/aromatic N) is 3. The molecule has 20 heavy (non-hydrogen) atoms. The van der Waals surface area contributed by atoms with E-state index in [1.165, 1.54) is 25.5 Å². The molecule has 1 aromatic heterocycles. The van der Waals surface area contributed by atoms with Gasteiger partial charge in [0.1, 0.15) is 5.82 Å². The van der Waals surface area contributed by atoms with Crippen LogP contribution in [0, 0.1) is 10.1 Å². The fraction of sp³-hybridized carbons (Fsp3) is 0.0769. The average Bonchev–Trinajstić information content (AvgIpc) is 2.48. The van der Waals surface area contributed by atoms with Crippen molar-refractivity contribution in [1.29, 1.82) is 0 Å². The molecule has 0 aliphatic heterocycles. The first-order valence-corrected chi connectivity index (χ1v) is 5.73.